The molecular weight excluding hydrogens is 368 g/mol. The molecule has 1 N–H and O–H groups in total. The quantitative estimate of drug-likeness (QED) is 0.697. The zero-order chi connectivity index (χ0) is 20.5. The number of rotatable bonds is 8. The Morgan fingerprint density at radius 3 is 2.28 bits per heavy atom. The first-order valence-electron chi connectivity index (χ1n) is 9.98. The van der Waals surface area contributed by atoms with Gasteiger partial charge in [-0.3, -0.25) is 9.59 Å². The van der Waals surface area contributed by atoms with Crippen LogP contribution in [0.3, 0.4) is 0 Å². The number of benzene rings is 2. The molecule has 1 aliphatic rings. The van der Waals surface area contributed by atoms with E-state index in [0.29, 0.717) is 31.9 Å². The molecule has 1 fully saturated rings. The zero-order valence-electron chi connectivity index (χ0n) is 16.8. The van der Waals surface area contributed by atoms with Crippen LogP contribution in [-0.4, -0.2) is 62.8 Å². The van der Waals surface area contributed by atoms with E-state index < -0.39 is 0 Å². The second-order valence-corrected chi connectivity index (χ2v) is 7.12. The topological polar surface area (TPSA) is 67.9 Å². The highest BCUT2D eigenvalue weighted by atomic mass is 16.5. The van der Waals surface area contributed by atoms with Gasteiger partial charge < -0.3 is 19.7 Å². The van der Waals surface area contributed by atoms with Crippen LogP contribution in [0.4, 0.5) is 0 Å². The molecule has 3 rings (SSSR count). The van der Waals surface area contributed by atoms with Crippen molar-refractivity contribution in [2.75, 3.05) is 40.0 Å². The summed E-state index contributed by atoms with van der Waals surface area (Å²) in [6, 6.07) is 17.9. The number of carbonyl (C=O) groups excluding carboxylic acids is 2. The van der Waals surface area contributed by atoms with Crippen LogP contribution >= 0.6 is 0 Å². The number of piperidine rings is 1. The second kappa shape index (κ2) is 10.7. The van der Waals surface area contributed by atoms with Gasteiger partial charge in [-0.05, 0) is 36.1 Å². The van der Waals surface area contributed by atoms with Crippen LogP contribution in [0, 0.1) is 0 Å². The van der Waals surface area contributed by atoms with Crippen LogP contribution < -0.4 is 5.32 Å². The number of ether oxygens (including phenoxy) is 2. The molecule has 0 spiro atoms. The summed E-state index contributed by atoms with van der Waals surface area (Å²) in [4.78, 5) is 26.5. The maximum absolute atomic E-state index is 12.8. The number of amides is 2. The van der Waals surface area contributed by atoms with E-state index in [-0.39, 0.29) is 24.5 Å². The molecule has 0 radical (unpaired) electrons. The van der Waals surface area contributed by atoms with Gasteiger partial charge in [-0.25, -0.2) is 0 Å². The molecule has 2 aromatic carbocycles. The van der Waals surface area contributed by atoms with Crippen molar-refractivity contribution < 1.29 is 19.1 Å². The average molecular weight is 396 g/mol. The number of hydrogen-bond acceptors (Lipinski definition) is 4. The molecule has 2 amide bonds. The summed E-state index contributed by atoms with van der Waals surface area (Å²) in [5.74, 6) is -0.0836. The fourth-order valence-corrected chi connectivity index (χ4v) is 3.42. The Morgan fingerprint density at radius 2 is 1.62 bits per heavy atom. The van der Waals surface area contributed by atoms with Gasteiger partial charge in [0, 0.05) is 31.8 Å². The summed E-state index contributed by atoms with van der Waals surface area (Å²) in [5.41, 5.74) is 2.92. The number of methoxy groups -OCH3 is 1. The standard InChI is InChI=1S/C23H28N2O4/c1-28-15-16-29-17-22(26)24-21-11-13-25(14-12-21)23(27)20-9-7-19(8-10-20)18-5-3-2-4-6-18/h2-10,21H,11-17H2,1H3,(H,24,26). The Labute approximate surface area is 171 Å². The van der Waals surface area contributed by atoms with Crippen molar-refractivity contribution in [1.82, 2.24) is 10.2 Å². The van der Waals surface area contributed by atoms with Crippen molar-refractivity contribution in [3.8, 4) is 11.1 Å². The fourth-order valence-electron chi connectivity index (χ4n) is 3.42. The zero-order valence-corrected chi connectivity index (χ0v) is 16.8. The van der Waals surface area contributed by atoms with Gasteiger partial charge in [0.1, 0.15) is 6.61 Å². The van der Waals surface area contributed by atoms with Crippen LogP contribution in [0.25, 0.3) is 11.1 Å². The summed E-state index contributed by atoms with van der Waals surface area (Å²) in [5, 5.41) is 2.98. The SMILES string of the molecule is COCCOCC(=O)NC1CCN(C(=O)c2ccc(-c3ccccc3)cc2)CC1. The lowest BCUT2D eigenvalue weighted by atomic mass is 10.0. The number of likely N-dealkylation sites (tertiary alicyclic amines) is 1. The van der Waals surface area contributed by atoms with E-state index in [9.17, 15) is 9.59 Å². The third-order valence-electron chi connectivity index (χ3n) is 5.05. The highest BCUT2D eigenvalue weighted by Crippen LogP contribution is 2.21. The minimum absolute atomic E-state index is 0.0380. The lowest BCUT2D eigenvalue weighted by Crippen LogP contribution is -2.47. The molecule has 0 aromatic heterocycles. The number of nitrogens with one attached hydrogen (secondary N) is 1. The molecule has 1 saturated heterocycles. The molecule has 0 aliphatic carbocycles. The van der Waals surface area contributed by atoms with Crippen molar-refractivity contribution >= 4 is 11.8 Å². The molecule has 154 valence electrons. The first kappa shape index (κ1) is 21.0. The minimum atomic E-state index is -0.123. The smallest absolute Gasteiger partial charge is 0.253 e. The molecule has 6 nitrogen and oxygen atoms in total. The van der Waals surface area contributed by atoms with Crippen LogP contribution in [0.15, 0.2) is 54.6 Å². The Hall–Kier alpha value is -2.70. The van der Waals surface area contributed by atoms with Gasteiger partial charge in [-0.15, -0.1) is 0 Å². The summed E-state index contributed by atoms with van der Waals surface area (Å²) < 4.78 is 10.1. The number of hydrogen-bond donors (Lipinski definition) is 1. The molecule has 0 unspecified atom stereocenters. The summed E-state index contributed by atoms with van der Waals surface area (Å²) in [6.07, 6.45) is 1.50. The third kappa shape index (κ3) is 6.14. The first-order chi connectivity index (χ1) is 14.2. The van der Waals surface area contributed by atoms with Gasteiger partial charge in [0.05, 0.1) is 13.2 Å². The summed E-state index contributed by atoms with van der Waals surface area (Å²) >= 11 is 0. The summed E-state index contributed by atoms with van der Waals surface area (Å²) in [7, 11) is 1.59. The van der Waals surface area contributed by atoms with E-state index in [1.54, 1.807) is 7.11 Å². The first-order valence-corrected chi connectivity index (χ1v) is 9.98. The van der Waals surface area contributed by atoms with Crippen LogP contribution in [0.1, 0.15) is 23.2 Å². The number of carbonyl (C=O) groups is 2. The monoisotopic (exact) mass is 396 g/mol. The van der Waals surface area contributed by atoms with E-state index >= 15 is 0 Å². The largest absolute Gasteiger partial charge is 0.382 e. The second-order valence-electron chi connectivity index (χ2n) is 7.12. The lowest BCUT2D eigenvalue weighted by molar-refractivity contribution is -0.127. The Bertz CT molecular complexity index is 784. The average Bonchev–Trinajstić information content (AvgIpc) is 2.77. The Balaban J connectivity index is 1.45. The maximum atomic E-state index is 12.8. The van der Waals surface area contributed by atoms with Crippen molar-refractivity contribution in [3.05, 3.63) is 60.2 Å². The Kier molecular flexibility index (Phi) is 7.78. The van der Waals surface area contributed by atoms with E-state index in [2.05, 4.69) is 17.4 Å². The third-order valence-corrected chi connectivity index (χ3v) is 5.05. The van der Waals surface area contributed by atoms with E-state index in [1.807, 2.05) is 47.4 Å². The van der Waals surface area contributed by atoms with E-state index in [4.69, 9.17) is 9.47 Å². The summed E-state index contributed by atoms with van der Waals surface area (Å²) in [6.45, 7) is 2.18. The van der Waals surface area contributed by atoms with Crippen molar-refractivity contribution in [3.63, 3.8) is 0 Å². The van der Waals surface area contributed by atoms with Gasteiger partial charge in [0.15, 0.2) is 0 Å². The molecule has 29 heavy (non-hydrogen) atoms. The maximum Gasteiger partial charge on any atom is 0.253 e. The highest BCUT2D eigenvalue weighted by Gasteiger charge is 2.24. The fraction of sp³-hybridized carbons (Fsp3) is 0.391. The molecule has 0 saturated carbocycles. The molecule has 1 aliphatic heterocycles. The lowest BCUT2D eigenvalue weighted by Gasteiger charge is -2.32. The van der Waals surface area contributed by atoms with E-state index in [0.717, 1.165) is 24.0 Å². The van der Waals surface area contributed by atoms with Gasteiger partial charge >= 0.3 is 0 Å². The van der Waals surface area contributed by atoms with Gasteiger partial charge in [0.25, 0.3) is 5.91 Å². The van der Waals surface area contributed by atoms with Gasteiger partial charge in [0.2, 0.25) is 5.91 Å². The predicted molar refractivity (Wildman–Crippen MR) is 112 cm³/mol. The van der Waals surface area contributed by atoms with Crippen LogP contribution in [0.2, 0.25) is 0 Å². The molecule has 1 heterocycles. The minimum Gasteiger partial charge on any atom is -0.382 e. The predicted octanol–water partition coefficient (Wildman–Crippen LogP) is 2.74. The van der Waals surface area contributed by atoms with Crippen LogP contribution in [0.5, 0.6) is 0 Å². The van der Waals surface area contributed by atoms with Crippen LogP contribution in [-0.2, 0) is 14.3 Å². The molecule has 6 heteroatoms. The Morgan fingerprint density at radius 1 is 0.966 bits per heavy atom. The highest BCUT2D eigenvalue weighted by molar-refractivity contribution is 5.94. The molecule has 2 aromatic rings. The van der Waals surface area contributed by atoms with Crippen molar-refractivity contribution in [2.45, 2.75) is 18.9 Å². The number of nitrogens with zero attached hydrogens (tertiary/aromatic N) is 1. The van der Waals surface area contributed by atoms with Crippen molar-refractivity contribution in [2.24, 2.45) is 0 Å². The normalized spacial score (nSPS) is 14.6. The molecular formula is C23H28N2O4. The van der Waals surface area contributed by atoms with Crippen molar-refractivity contribution in [1.29, 1.82) is 0 Å². The molecule has 0 atom stereocenters. The molecule has 0 bridgehead atoms. The van der Waals surface area contributed by atoms with E-state index in [1.165, 1.54) is 0 Å². The van der Waals surface area contributed by atoms with Gasteiger partial charge in [-0.2, -0.15) is 0 Å². The van der Waals surface area contributed by atoms with Gasteiger partial charge in [-0.1, -0.05) is 42.5 Å².